The first-order chi connectivity index (χ1) is 9.00. The first-order valence-corrected chi connectivity index (χ1v) is 6.96. The average Bonchev–Trinajstić information content (AvgIpc) is 2.40. The van der Waals surface area contributed by atoms with Crippen molar-refractivity contribution in [3.8, 4) is 0 Å². The summed E-state index contributed by atoms with van der Waals surface area (Å²) in [6, 6.07) is 0.0452. The molecular weight excluding hydrogens is 295 g/mol. The first kappa shape index (κ1) is 14.1. The number of carboxylic acid groups (broad SMARTS) is 1. The van der Waals surface area contributed by atoms with Gasteiger partial charge >= 0.3 is 5.97 Å². The predicted octanol–water partition coefficient (Wildman–Crippen LogP) is 1.52. The van der Waals surface area contributed by atoms with E-state index in [1.807, 2.05) is 0 Å². The van der Waals surface area contributed by atoms with Crippen LogP contribution in [0.15, 0.2) is 12.3 Å². The molecule has 102 valence electrons. The standard InChI is InChI=1S/C11H10ClFN2O3S/c12-9-7(3-6(13)4-14-9)10(16)15-1-2-19-5-8(15)11(17)18/h3-4,8H,1-2,5H2,(H,17,18). The Hall–Kier alpha value is -1.34. The van der Waals surface area contributed by atoms with E-state index < -0.39 is 23.7 Å². The van der Waals surface area contributed by atoms with Gasteiger partial charge in [-0.25, -0.2) is 14.2 Å². The van der Waals surface area contributed by atoms with Crippen molar-refractivity contribution in [1.29, 1.82) is 0 Å². The van der Waals surface area contributed by atoms with Crippen molar-refractivity contribution in [2.45, 2.75) is 6.04 Å². The molecule has 0 saturated carbocycles. The maximum Gasteiger partial charge on any atom is 0.327 e. The highest BCUT2D eigenvalue weighted by atomic mass is 35.5. The van der Waals surface area contributed by atoms with Gasteiger partial charge in [-0.2, -0.15) is 11.8 Å². The highest BCUT2D eigenvalue weighted by Gasteiger charge is 2.33. The molecule has 1 aliphatic rings. The molecule has 1 amide bonds. The smallest absolute Gasteiger partial charge is 0.327 e. The largest absolute Gasteiger partial charge is 0.480 e. The quantitative estimate of drug-likeness (QED) is 0.839. The van der Waals surface area contributed by atoms with Gasteiger partial charge in [0.15, 0.2) is 0 Å². The summed E-state index contributed by atoms with van der Waals surface area (Å²) in [6.07, 6.45) is 0.903. The van der Waals surface area contributed by atoms with Crippen LogP contribution in [0.1, 0.15) is 10.4 Å². The molecule has 2 rings (SSSR count). The zero-order valence-corrected chi connectivity index (χ0v) is 11.2. The number of thioether (sulfide) groups is 1. The lowest BCUT2D eigenvalue weighted by atomic mass is 10.2. The van der Waals surface area contributed by atoms with Gasteiger partial charge in [0.2, 0.25) is 0 Å². The second-order valence-electron chi connectivity index (χ2n) is 3.92. The van der Waals surface area contributed by atoms with Crippen molar-refractivity contribution in [2.75, 3.05) is 18.1 Å². The zero-order chi connectivity index (χ0) is 14.0. The van der Waals surface area contributed by atoms with Crippen LogP contribution in [0.3, 0.4) is 0 Å². The number of pyridine rings is 1. The van der Waals surface area contributed by atoms with Gasteiger partial charge in [0.25, 0.3) is 5.91 Å². The summed E-state index contributed by atoms with van der Waals surface area (Å²) >= 11 is 7.22. The lowest BCUT2D eigenvalue weighted by Gasteiger charge is -2.32. The van der Waals surface area contributed by atoms with E-state index in [-0.39, 0.29) is 17.3 Å². The number of hydrogen-bond donors (Lipinski definition) is 1. The van der Waals surface area contributed by atoms with Crippen molar-refractivity contribution in [3.05, 3.63) is 28.8 Å². The second-order valence-corrected chi connectivity index (χ2v) is 5.43. The van der Waals surface area contributed by atoms with Crippen LogP contribution in [0.2, 0.25) is 5.15 Å². The van der Waals surface area contributed by atoms with Crippen LogP contribution >= 0.6 is 23.4 Å². The van der Waals surface area contributed by atoms with E-state index in [2.05, 4.69) is 4.98 Å². The molecule has 1 fully saturated rings. The van der Waals surface area contributed by atoms with Crippen molar-refractivity contribution in [2.24, 2.45) is 0 Å². The highest BCUT2D eigenvalue weighted by Crippen LogP contribution is 2.22. The molecule has 1 unspecified atom stereocenters. The van der Waals surface area contributed by atoms with E-state index >= 15 is 0 Å². The minimum absolute atomic E-state index is 0.111. The summed E-state index contributed by atoms with van der Waals surface area (Å²) in [5, 5.41) is 8.97. The molecule has 0 bridgehead atoms. The van der Waals surface area contributed by atoms with Crippen LogP contribution in [-0.2, 0) is 4.79 Å². The van der Waals surface area contributed by atoms with Crippen molar-refractivity contribution in [1.82, 2.24) is 9.88 Å². The van der Waals surface area contributed by atoms with Gasteiger partial charge in [-0.15, -0.1) is 0 Å². The Bertz CT molecular complexity index is 529. The number of aromatic nitrogens is 1. The normalized spacial score (nSPS) is 19.3. The van der Waals surface area contributed by atoms with E-state index in [1.165, 1.54) is 16.7 Å². The Morgan fingerprint density at radius 1 is 1.58 bits per heavy atom. The first-order valence-electron chi connectivity index (χ1n) is 5.43. The third-order valence-corrected chi connectivity index (χ3v) is 4.03. The lowest BCUT2D eigenvalue weighted by Crippen LogP contribution is -2.50. The van der Waals surface area contributed by atoms with Crippen molar-refractivity contribution in [3.63, 3.8) is 0 Å². The molecule has 1 aromatic heterocycles. The Morgan fingerprint density at radius 3 is 3.00 bits per heavy atom. The summed E-state index contributed by atoms with van der Waals surface area (Å²) in [5.41, 5.74) is -0.111. The molecule has 0 aliphatic carbocycles. The number of carbonyl (C=O) groups is 2. The van der Waals surface area contributed by atoms with Crippen molar-refractivity contribution < 1.29 is 19.1 Å². The summed E-state index contributed by atoms with van der Waals surface area (Å²) in [4.78, 5) is 28.1. The zero-order valence-electron chi connectivity index (χ0n) is 9.68. The number of carboxylic acids is 1. The molecule has 1 N–H and O–H groups in total. The van der Waals surface area contributed by atoms with Gasteiger partial charge in [-0.05, 0) is 6.07 Å². The molecule has 1 atom stereocenters. The molecular formula is C11H10ClFN2O3S. The third kappa shape index (κ3) is 2.98. The molecule has 8 heteroatoms. The maximum absolute atomic E-state index is 13.1. The average molecular weight is 305 g/mol. The minimum Gasteiger partial charge on any atom is -0.480 e. The molecule has 1 saturated heterocycles. The molecule has 0 radical (unpaired) electrons. The summed E-state index contributed by atoms with van der Waals surface area (Å²) in [6.45, 7) is 0.285. The number of hydrogen-bond acceptors (Lipinski definition) is 4. The number of nitrogens with zero attached hydrogens (tertiary/aromatic N) is 2. The van der Waals surface area contributed by atoms with Crippen LogP contribution < -0.4 is 0 Å². The molecule has 2 heterocycles. The number of carbonyl (C=O) groups excluding carboxylic acids is 1. The van der Waals surface area contributed by atoms with E-state index in [0.717, 1.165) is 12.3 Å². The van der Waals surface area contributed by atoms with Gasteiger partial charge in [0.1, 0.15) is 17.0 Å². The van der Waals surface area contributed by atoms with E-state index in [4.69, 9.17) is 16.7 Å². The number of rotatable bonds is 2. The van der Waals surface area contributed by atoms with Crippen LogP contribution in [0.4, 0.5) is 4.39 Å². The van der Waals surface area contributed by atoms with Gasteiger partial charge in [-0.1, -0.05) is 11.6 Å². The molecule has 1 aliphatic heterocycles. The Balaban J connectivity index is 2.31. The lowest BCUT2D eigenvalue weighted by molar-refractivity contribution is -0.141. The molecule has 5 nitrogen and oxygen atoms in total. The van der Waals surface area contributed by atoms with Gasteiger partial charge in [0, 0.05) is 18.1 Å². The van der Waals surface area contributed by atoms with Gasteiger partial charge in [-0.3, -0.25) is 4.79 Å². The van der Waals surface area contributed by atoms with E-state index in [9.17, 15) is 14.0 Å². The van der Waals surface area contributed by atoms with Gasteiger partial charge < -0.3 is 10.0 Å². The van der Waals surface area contributed by atoms with E-state index in [1.54, 1.807) is 0 Å². The highest BCUT2D eigenvalue weighted by molar-refractivity contribution is 7.99. The fraction of sp³-hybridized carbons (Fsp3) is 0.364. The molecule has 19 heavy (non-hydrogen) atoms. The van der Waals surface area contributed by atoms with Crippen LogP contribution in [0, 0.1) is 5.82 Å². The van der Waals surface area contributed by atoms with Crippen LogP contribution in [0.5, 0.6) is 0 Å². The number of aliphatic carboxylic acids is 1. The second kappa shape index (κ2) is 5.75. The third-order valence-electron chi connectivity index (χ3n) is 2.71. The van der Waals surface area contributed by atoms with Crippen LogP contribution in [0.25, 0.3) is 0 Å². The Kier molecular flexibility index (Phi) is 4.26. The topological polar surface area (TPSA) is 70.5 Å². The molecule has 0 spiro atoms. The Morgan fingerprint density at radius 2 is 2.32 bits per heavy atom. The maximum atomic E-state index is 13.1. The summed E-state index contributed by atoms with van der Waals surface area (Å²) in [7, 11) is 0. The summed E-state index contributed by atoms with van der Waals surface area (Å²) in [5.74, 6) is -1.44. The molecule has 0 aromatic carbocycles. The fourth-order valence-electron chi connectivity index (χ4n) is 1.78. The minimum atomic E-state index is -1.08. The Labute approximate surface area is 117 Å². The predicted molar refractivity (Wildman–Crippen MR) is 69.0 cm³/mol. The monoisotopic (exact) mass is 304 g/mol. The fourth-order valence-corrected chi connectivity index (χ4v) is 3.00. The van der Waals surface area contributed by atoms with E-state index in [0.29, 0.717) is 11.5 Å². The van der Waals surface area contributed by atoms with Gasteiger partial charge in [0.05, 0.1) is 11.8 Å². The SMILES string of the molecule is O=C(O)C1CSCCN1C(=O)c1cc(F)cnc1Cl. The number of amides is 1. The number of halogens is 2. The van der Waals surface area contributed by atoms with Crippen molar-refractivity contribution >= 4 is 35.2 Å². The summed E-state index contributed by atoms with van der Waals surface area (Å²) < 4.78 is 13.1. The van der Waals surface area contributed by atoms with Crippen LogP contribution in [-0.4, -0.2) is 51.0 Å². The molecule has 1 aromatic rings.